The fourth-order valence-electron chi connectivity index (χ4n) is 3.73. The molecule has 2 aliphatic heterocycles. The molecular formula is C18H26N2O2. The molecule has 3 rings (SSSR count). The maximum Gasteiger partial charge on any atom is 0.245 e. The van der Waals surface area contributed by atoms with E-state index in [9.17, 15) is 9.90 Å². The molecule has 0 saturated carbocycles. The quantitative estimate of drug-likeness (QED) is 0.901. The Labute approximate surface area is 132 Å². The van der Waals surface area contributed by atoms with E-state index < -0.39 is 5.60 Å². The molecule has 4 nitrogen and oxygen atoms in total. The molecule has 2 N–H and O–H groups in total. The number of fused-ring (bicyclic) bond motifs is 1. The average molecular weight is 302 g/mol. The van der Waals surface area contributed by atoms with Crippen LogP contribution < -0.4 is 5.32 Å². The molecule has 1 aromatic rings. The Hall–Kier alpha value is -1.55. The zero-order chi connectivity index (χ0) is 15.7. The molecule has 2 heterocycles. The second-order valence-electron chi connectivity index (χ2n) is 7.34. The molecule has 4 heteroatoms. The molecule has 2 aliphatic rings. The fourth-order valence-corrected chi connectivity index (χ4v) is 3.73. The van der Waals surface area contributed by atoms with E-state index in [2.05, 4.69) is 11.4 Å². The third-order valence-corrected chi connectivity index (χ3v) is 4.78. The number of likely N-dealkylation sites (tertiary alicyclic amines) is 1. The van der Waals surface area contributed by atoms with Crippen molar-refractivity contribution in [1.29, 1.82) is 0 Å². The molecule has 0 radical (unpaired) electrons. The first kappa shape index (κ1) is 15.3. The number of amides is 1. The minimum atomic E-state index is -0.606. The second-order valence-corrected chi connectivity index (χ2v) is 7.34. The first-order valence-corrected chi connectivity index (χ1v) is 8.28. The van der Waals surface area contributed by atoms with Gasteiger partial charge in [-0.3, -0.25) is 4.79 Å². The van der Waals surface area contributed by atoms with Crippen LogP contribution in [-0.2, 0) is 11.2 Å². The van der Waals surface area contributed by atoms with Crippen LogP contribution >= 0.6 is 0 Å². The van der Waals surface area contributed by atoms with Crippen molar-refractivity contribution in [2.75, 3.05) is 18.4 Å². The zero-order valence-corrected chi connectivity index (χ0v) is 13.5. The summed E-state index contributed by atoms with van der Waals surface area (Å²) >= 11 is 0. The number of benzene rings is 1. The number of hydrogen-bond donors (Lipinski definition) is 2. The summed E-state index contributed by atoms with van der Waals surface area (Å²) in [6, 6.07) is 8.04. The van der Waals surface area contributed by atoms with Gasteiger partial charge in [0.1, 0.15) is 6.04 Å². The Balaban J connectivity index is 1.53. The molecule has 1 fully saturated rings. The van der Waals surface area contributed by atoms with Gasteiger partial charge in [0.25, 0.3) is 0 Å². The van der Waals surface area contributed by atoms with Gasteiger partial charge in [0, 0.05) is 25.2 Å². The lowest BCUT2D eigenvalue weighted by atomic mass is 9.86. The summed E-state index contributed by atoms with van der Waals surface area (Å²) in [5, 5.41) is 13.3. The summed E-state index contributed by atoms with van der Waals surface area (Å²) in [6.45, 7) is 5.36. The maximum atomic E-state index is 12.7. The van der Waals surface area contributed by atoms with Crippen LogP contribution in [0.4, 0.5) is 5.69 Å². The molecular weight excluding hydrogens is 276 g/mol. The molecule has 1 atom stereocenters. The second kappa shape index (κ2) is 5.92. The van der Waals surface area contributed by atoms with Crippen molar-refractivity contribution in [3.8, 4) is 0 Å². The Morgan fingerprint density at radius 3 is 2.64 bits per heavy atom. The molecule has 1 aromatic carbocycles. The maximum absolute atomic E-state index is 12.7. The SMILES string of the molecule is CC(C)(O)CC1CCN(C(=O)[C@@H]2Cc3ccccc3N2)CC1. The van der Waals surface area contributed by atoms with E-state index in [0.717, 1.165) is 44.5 Å². The molecule has 0 aromatic heterocycles. The number of carbonyl (C=O) groups is 1. The highest BCUT2D eigenvalue weighted by Crippen LogP contribution is 2.29. The molecule has 120 valence electrons. The number of nitrogens with zero attached hydrogens (tertiary/aromatic N) is 1. The predicted molar refractivity (Wildman–Crippen MR) is 87.8 cm³/mol. The van der Waals surface area contributed by atoms with Gasteiger partial charge >= 0.3 is 0 Å². The van der Waals surface area contributed by atoms with Crippen molar-refractivity contribution in [2.24, 2.45) is 5.92 Å². The number of piperidine rings is 1. The van der Waals surface area contributed by atoms with Crippen LogP contribution in [0.15, 0.2) is 24.3 Å². The van der Waals surface area contributed by atoms with Crippen molar-refractivity contribution in [3.05, 3.63) is 29.8 Å². The van der Waals surface area contributed by atoms with Gasteiger partial charge < -0.3 is 15.3 Å². The van der Waals surface area contributed by atoms with Gasteiger partial charge in [0.05, 0.1) is 5.60 Å². The minimum absolute atomic E-state index is 0.108. The normalized spacial score (nSPS) is 22.3. The van der Waals surface area contributed by atoms with Crippen LogP contribution in [0.2, 0.25) is 0 Å². The van der Waals surface area contributed by atoms with E-state index in [1.807, 2.05) is 36.9 Å². The van der Waals surface area contributed by atoms with E-state index >= 15 is 0 Å². The van der Waals surface area contributed by atoms with Gasteiger partial charge in [-0.25, -0.2) is 0 Å². The first-order chi connectivity index (χ1) is 10.4. The summed E-state index contributed by atoms with van der Waals surface area (Å²) in [7, 11) is 0. The molecule has 1 amide bonds. The number of carbonyl (C=O) groups excluding carboxylic acids is 1. The number of para-hydroxylation sites is 1. The van der Waals surface area contributed by atoms with Crippen molar-refractivity contribution in [2.45, 2.75) is 51.2 Å². The van der Waals surface area contributed by atoms with Crippen molar-refractivity contribution >= 4 is 11.6 Å². The zero-order valence-electron chi connectivity index (χ0n) is 13.5. The molecule has 22 heavy (non-hydrogen) atoms. The van der Waals surface area contributed by atoms with Crippen LogP contribution in [0, 0.1) is 5.92 Å². The van der Waals surface area contributed by atoms with E-state index in [1.54, 1.807) is 0 Å². The number of hydrogen-bond acceptors (Lipinski definition) is 3. The standard InChI is InChI=1S/C18H26N2O2/c1-18(2,22)12-13-7-9-20(10-8-13)17(21)16-11-14-5-3-4-6-15(14)19-16/h3-6,13,16,19,22H,7-12H2,1-2H3/t16-/m0/s1. The van der Waals surface area contributed by atoms with Gasteiger partial charge in [-0.1, -0.05) is 18.2 Å². The number of anilines is 1. The Morgan fingerprint density at radius 1 is 1.32 bits per heavy atom. The van der Waals surface area contributed by atoms with Crippen molar-refractivity contribution in [3.63, 3.8) is 0 Å². The summed E-state index contributed by atoms with van der Waals surface area (Å²) in [6.07, 6.45) is 3.60. The predicted octanol–water partition coefficient (Wildman–Crippen LogP) is 2.42. The smallest absolute Gasteiger partial charge is 0.245 e. The van der Waals surface area contributed by atoms with E-state index in [4.69, 9.17) is 0 Å². The highest BCUT2D eigenvalue weighted by atomic mass is 16.3. The third-order valence-electron chi connectivity index (χ3n) is 4.78. The van der Waals surface area contributed by atoms with Gasteiger partial charge in [-0.05, 0) is 50.7 Å². The Bertz CT molecular complexity index is 517. The topological polar surface area (TPSA) is 52.6 Å². The fraction of sp³-hybridized carbons (Fsp3) is 0.611. The molecule has 0 aliphatic carbocycles. The average Bonchev–Trinajstić information content (AvgIpc) is 2.89. The lowest BCUT2D eigenvalue weighted by Crippen LogP contribution is -2.46. The van der Waals surface area contributed by atoms with Crippen LogP contribution in [-0.4, -0.2) is 40.6 Å². The van der Waals surface area contributed by atoms with Crippen LogP contribution in [0.1, 0.15) is 38.7 Å². The van der Waals surface area contributed by atoms with Gasteiger partial charge in [0.15, 0.2) is 0 Å². The number of rotatable bonds is 3. The highest BCUT2D eigenvalue weighted by Gasteiger charge is 2.33. The summed E-state index contributed by atoms with van der Waals surface area (Å²) in [4.78, 5) is 14.7. The van der Waals surface area contributed by atoms with Gasteiger partial charge in [0.2, 0.25) is 5.91 Å². The Morgan fingerprint density at radius 2 is 2.00 bits per heavy atom. The van der Waals surface area contributed by atoms with E-state index in [0.29, 0.717) is 5.92 Å². The van der Waals surface area contributed by atoms with Crippen molar-refractivity contribution < 1.29 is 9.90 Å². The summed E-state index contributed by atoms with van der Waals surface area (Å²) < 4.78 is 0. The van der Waals surface area contributed by atoms with Gasteiger partial charge in [-0.15, -0.1) is 0 Å². The van der Waals surface area contributed by atoms with Crippen LogP contribution in [0.5, 0.6) is 0 Å². The largest absolute Gasteiger partial charge is 0.390 e. The highest BCUT2D eigenvalue weighted by molar-refractivity contribution is 5.87. The summed E-state index contributed by atoms with van der Waals surface area (Å²) in [5.41, 5.74) is 1.72. The lowest BCUT2D eigenvalue weighted by molar-refractivity contribution is -0.133. The molecule has 0 spiro atoms. The Kier molecular flexibility index (Phi) is 4.13. The van der Waals surface area contributed by atoms with E-state index in [-0.39, 0.29) is 11.9 Å². The monoisotopic (exact) mass is 302 g/mol. The number of aliphatic hydroxyl groups is 1. The molecule has 0 bridgehead atoms. The van der Waals surface area contributed by atoms with Gasteiger partial charge in [-0.2, -0.15) is 0 Å². The third kappa shape index (κ3) is 3.43. The number of nitrogens with one attached hydrogen (secondary N) is 1. The lowest BCUT2D eigenvalue weighted by Gasteiger charge is -2.35. The van der Waals surface area contributed by atoms with Crippen LogP contribution in [0.25, 0.3) is 0 Å². The minimum Gasteiger partial charge on any atom is -0.390 e. The molecule has 0 unspecified atom stereocenters. The molecule has 1 saturated heterocycles. The first-order valence-electron chi connectivity index (χ1n) is 8.28. The summed E-state index contributed by atoms with van der Waals surface area (Å²) in [5.74, 6) is 0.746. The van der Waals surface area contributed by atoms with Crippen LogP contribution in [0.3, 0.4) is 0 Å². The van der Waals surface area contributed by atoms with Crippen molar-refractivity contribution in [1.82, 2.24) is 4.90 Å². The van der Waals surface area contributed by atoms with E-state index in [1.165, 1.54) is 5.56 Å².